The molecule has 28 heavy (non-hydrogen) atoms. The van der Waals surface area contributed by atoms with E-state index in [0.717, 1.165) is 27.7 Å². The Bertz CT molecular complexity index is 1020. The van der Waals surface area contributed by atoms with Gasteiger partial charge >= 0.3 is 0 Å². The molecule has 0 unspecified atom stereocenters. The fourth-order valence-corrected chi connectivity index (χ4v) is 5.01. The molecule has 0 radical (unpaired) electrons. The van der Waals surface area contributed by atoms with Crippen LogP contribution in [0.2, 0.25) is 5.02 Å². The molecular formula is C22H25ClN2OS2. The molecule has 148 valence electrons. The molecule has 1 heterocycles. The van der Waals surface area contributed by atoms with Crippen molar-refractivity contribution in [2.75, 3.05) is 5.75 Å². The van der Waals surface area contributed by atoms with Gasteiger partial charge in [-0.25, -0.2) is 0 Å². The minimum Gasteiger partial charge on any atom is -0.316 e. The third kappa shape index (κ3) is 5.28. The molecule has 0 aliphatic rings. The van der Waals surface area contributed by atoms with Crippen molar-refractivity contribution in [3.05, 3.63) is 57.9 Å². The Hall–Kier alpha value is -1.56. The topological polar surface area (TPSA) is 34.4 Å². The second-order valence-corrected chi connectivity index (χ2v) is 9.59. The quantitative estimate of drug-likeness (QED) is 0.399. The van der Waals surface area contributed by atoms with Crippen LogP contribution in [0.3, 0.4) is 0 Å². The molecule has 0 N–H and O–H groups in total. The number of aryl methyl sites for hydroxylation is 1. The first kappa shape index (κ1) is 21.2. The van der Waals surface area contributed by atoms with Crippen LogP contribution in [0.25, 0.3) is 10.2 Å². The summed E-state index contributed by atoms with van der Waals surface area (Å²) < 4.78 is 3.37. The fraction of sp³-hybridized carbons (Fsp3) is 0.364. The number of aromatic nitrogens is 1. The van der Waals surface area contributed by atoms with E-state index in [-0.39, 0.29) is 5.91 Å². The number of hydrogen-bond acceptors (Lipinski definition) is 3. The van der Waals surface area contributed by atoms with E-state index in [4.69, 9.17) is 11.6 Å². The number of carbonyl (C=O) groups is 1. The van der Waals surface area contributed by atoms with Crippen molar-refractivity contribution < 1.29 is 4.79 Å². The van der Waals surface area contributed by atoms with Crippen LogP contribution in [0.1, 0.15) is 45.1 Å². The lowest BCUT2D eigenvalue weighted by Crippen LogP contribution is -2.17. The van der Waals surface area contributed by atoms with Gasteiger partial charge in [-0.3, -0.25) is 4.79 Å². The van der Waals surface area contributed by atoms with Crippen LogP contribution in [-0.4, -0.2) is 16.2 Å². The molecule has 0 atom stereocenters. The third-order valence-corrected chi connectivity index (χ3v) is 6.75. The lowest BCUT2D eigenvalue weighted by Gasteiger charge is -2.06. The summed E-state index contributed by atoms with van der Waals surface area (Å²) in [5, 5.41) is 0.723. The Morgan fingerprint density at radius 1 is 1.21 bits per heavy atom. The summed E-state index contributed by atoms with van der Waals surface area (Å²) in [5.41, 5.74) is 2.48. The Morgan fingerprint density at radius 3 is 2.64 bits per heavy atom. The zero-order chi connectivity index (χ0) is 20.1. The van der Waals surface area contributed by atoms with E-state index >= 15 is 0 Å². The van der Waals surface area contributed by atoms with Gasteiger partial charge in [-0.15, -0.1) is 11.8 Å². The molecule has 0 aliphatic heterocycles. The summed E-state index contributed by atoms with van der Waals surface area (Å²) in [6, 6.07) is 14.3. The second kappa shape index (κ2) is 9.77. The maximum absolute atomic E-state index is 12.5. The van der Waals surface area contributed by atoms with E-state index < -0.39 is 0 Å². The van der Waals surface area contributed by atoms with Gasteiger partial charge < -0.3 is 4.57 Å². The highest BCUT2D eigenvalue weighted by atomic mass is 35.5. The minimum absolute atomic E-state index is 0.0676. The van der Waals surface area contributed by atoms with E-state index in [1.54, 1.807) is 23.1 Å². The van der Waals surface area contributed by atoms with Crippen molar-refractivity contribution >= 4 is 50.8 Å². The third-order valence-electron chi connectivity index (χ3n) is 4.44. The highest BCUT2D eigenvalue weighted by Crippen LogP contribution is 2.24. The van der Waals surface area contributed by atoms with E-state index in [9.17, 15) is 4.79 Å². The summed E-state index contributed by atoms with van der Waals surface area (Å²) in [4.78, 5) is 18.8. The van der Waals surface area contributed by atoms with Crippen molar-refractivity contribution in [3.8, 4) is 0 Å². The predicted octanol–water partition coefficient (Wildman–Crippen LogP) is 6.50. The Morgan fingerprint density at radius 2 is 1.96 bits per heavy atom. The first-order valence-electron chi connectivity index (χ1n) is 9.57. The number of benzene rings is 2. The van der Waals surface area contributed by atoms with Crippen molar-refractivity contribution in [3.63, 3.8) is 0 Å². The van der Waals surface area contributed by atoms with Crippen LogP contribution in [0.15, 0.2) is 52.4 Å². The van der Waals surface area contributed by atoms with Gasteiger partial charge in [0.15, 0.2) is 4.80 Å². The summed E-state index contributed by atoms with van der Waals surface area (Å²) >= 11 is 9.17. The zero-order valence-corrected chi connectivity index (χ0v) is 18.8. The monoisotopic (exact) mass is 432 g/mol. The van der Waals surface area contributed by atoms with Crippen LogP contribution in [0, 0.1) is 0 Å². The number of fused-ring (bicyclic) bond motifs is 1. The first-order valence-corrected chi connectivity index (χ1v) is 11.7. The molecule has 1 amide bonds. The summed E-state index contributed by atoms with van der Waals surface area (Å²) in [5.74, 6) is 1.13. The highest BCUT2D eigenvalue weighted by molar-refractivity contribution is 7.99. The van der Waals surface area contributed by atoms with E-state index in [2.05, 4.69) is 48.5 Å². The van der Waals surface area contributed by atoms with Crippen LogP contribution in [-0.2, 0) is 11.3 Å². The fourth-order valence-electron chi connectivity index (χ4n) is 2.92. The predicted molar refractivity (Wildman–Crippen MR) is 122 cm³/mol. The normalized spacial score (nSPS) is 12.2. The van der Waals surface area contributed by atoms with Gasteiger partial charge in [0.2, 0.25) is 5.91 Å². The maximum atomic E-state index is 12.5. The van der Waals surface area contributed by atoms with Crippen LogP contribution < -0.4 is 4.80 Å². The van der Waals surface area contributed by atoms with Crippen molar-refractivity contribution in [2.45, 2.75) is 51.0 Å². The Kier molecular flexibility index (Phi) is 7.38. The van der Waals surface area contributed by atoms with Crippen LogP contribution in [0.5, 0.6) is 0 Å². The molecule has 2 aromatic carbocycles. The number of halogens is 1. The first-order chi connectivity index (χ1) is 13.5. The average Bonchev–Trinajstić information content (AvgIpc) is 3.00. The van der Waals surface area contributed by atoms with E-state index in [1.807, 2.05) is 24.3 Å². The van der Waals surface area contributed by atoms with Crippen molar-refractivity contribution in [2.24, 2.45) is 4.99 Å². The summed E-state index contributed by atoms with van der Waals surface area (Å²) in [6.07, 6.45) is 1.43. The summed E-state index contributed by atoms with van der Waals surface area (Å²) in [6.45, 7) is 7.41. The highest BCUT2D eigenvalue weighted by Gasteiger charge is 2.10. The Balaban J connectivity index is 1.78. The minimum atomic E-state index is -0.0676. The van der Waals surface area contributed by atoms with Gasteiger partial charge in [-0.1, -0.05) is 49.8 Å². The number of nitrogens with zero attached hydrogens (tertiary/aromatic N) is 2. The number of rotatable bonds is 7. The second-order valence-electron chi connectivity index (χ2n) is 6.98. The average molecular weight is 433 g/mol. The lowest BCUT2D eigenvalue weighted by atomic mass is 10.0. The smallest absolute Gasteiger partial charge is 0.249 e. The van der Waals surface area contributed by atoms with E-state index in [0.29, 0.717) is 18.1 Å². The molecule has 6 heteroatoms. The molecular weight excluding hydrogens is 408 g/mol. The maximum Gasteiger partial charge on any atom is 0.249 e. The molecule has 0 saturated heterocycles. The van der Waals surface area contributed by atoms with E-state index in [1.165, 1.54) is 15.8 Å². The molecule has 3 aromatic rings. The standard InChI is InChI=1S/C22H25ClN2OS2/c1-4-12-25-19-10-5-16(15(2)3)14-20(19)28-22(25)24-21(26)11-13-27-18-8-6-17(23)7-9-18/h5-10,14-15H,4,11-13H2,1-3H3. The van der Waals surface area contributed by atoms with Crippen molar-refractivity contribution in [1.82, 2.24) is 4.57 Å². The SMILES string of the molecule is CCCn1c(=NC(=O)CCSc2ccc(Cl)cc2)sc2cc(C(C)C)ccc21. The van der Waals surface area contributed by atoms with Crippen LogP contribution in [0.4, 0.5) is 0 Å². The number of hydrogen-bond donors (Lipinski definition) is 0. The molecule has 3 rings (SSSR count). The molecule has 0 bridgehead atoms. The number of thioether (sulfide) groups is 1. The van der Waals surface area contributed by atoms with Gasteiger partial charge in [-0.2, -0.15) is 4.99 Å². The molecule has 0 aliphatic carbocycles. The number of carbonyl (C=O) groups excluding carboxylic acids is 1. The molecule has 0 fully saturated rings. The Labute approximate surface area is 179 Å². The van der Waals surface area contributed by atoms with Crippen molar-refractivity contribution in [1.29, 1.82) is 0 Å². The number of thiazole rings is 1. The zero-order valence-electron chi connectivity index (χ0n) is 16.4. The van der Waals surface area contributed by atoms with Gasteiger partial charge in [0, 0.05) is 28.6 Å². The molecule has 3 nitrogen and oxygen atoms in total. The van der Waals surface area contributed by atoms with Gasteiger partial charge in [-0.05, 0) is 54.3 Å². The number of amides is 1. The van der Waals surface area contributed by atoms with Gasteiger partial charge in [0.1, 0.15) is 0 Å². The van der Waals surface area contributed by atoms with Crippen LogP contribution >= 0.6 is 34.7 Å². The molecule has 1 aromatic heterocycles. The largest absolute Gasteiger partial charge is 0.316 e. The molecule has 0 spiro atoms. The van der Waals surface area contributed by atoms with Gasteiger partial charge in [0.25, 0.3) is 0 Å². The summed E-state index contributed by atoms with van der Waals surface area (Å²) in [7, 11) is 0. The molecule has 0 saturated carbocycles. The lowest BCUT2D eigenvalue weighted by molar-refractivity contribution is -0.117. The van der Waals surface area contributed by atoms with Gasteiger partial charge in [0.05, 0.1) is 10.2 Å².